The van der Waals surface area contributed by atoms with Crippen molar-refractivity contribution in [2.24, 2.45) is 0 Å². The van der Waals surface area contributed by atoms with Gasteiger partial charge in [-0.05, 0) is 56.5 Å². The average molecular weight is 508 g/mol. The van der Waals surface area contributed by atoms with E-state index >= 15 is 0 Å². The van der Waals surface area contributed by atoms with E-state index in [2.05, 4.69) is 0 Å². The smallest absolute Gasteiger partial charge is 0.163 e. The second-order valence-electron chi connectivity index (χ2n) is 9.34. The van der Waals surface area contributed by atoms with E-state index in [9.17, 15) is 25.5 Å². The number of benzene rings is 2. The van der Waals surface area contributed by atoms with E-state index < -0.39 is 42.9 Å². The SMILES string of the molecule is CC(C)(O)CCc1ccc(Sc2cn([C@@H]3O[C@H](CO)[C@@H](O)[C@H](O)[C@H]3O)c3cc(Cl)ccc23)cc1. The van der Waals surface area contributed by atoms with Crippen LogP contribution in [0.15, 0.2) is 58.5 Å². The third-order valence-corrected chi connectivity index (χ3v) is 7.37. The molecule has 7 nitrogen and oxygen atoms in total. The van der Waals surface area contributed by atoms with E-state index in [1.807, 2.05) is 36.5 Å². The normalized spacial score (nSPS) is 25.7. The quantitative estimate of drug-likeness (QED) is 0.334. The van der Waals surface area contributed by atoms with Gasteiger partial charge in [0.2, 0.25) is 0 Å². The van der Waals surface area contributed by atoms with Crippen LogP contribution >= 0.6 is 23.4 Å². The van der Waals surface area contributed by atoms with E-state index in [1.54, 1.807) is 30.5 Å². The van der Waals surface area contributed by atoms with Crippen molar-refractivity contribution in [3.05, 3.63) is 59.2 Å². The first-order valence-corrected chi connectivity index (χ1v) is 12.4. The summed E-state index contributed by atoms with van der Waals surface area (Å²) in [7, 11) is 0. The first-order chi connectivity index (χ1) is 16.1. The Labute approximate surface area is 207 Å². The zero-order valence-corrected chi connectivity index (χ0v) is 20.6. The van der Waals surface area contributed by atoms with Gasteiger partial charge in [-0.3, -0.25) is 0 Å². The standard InChI is InChI=1S/C25H30ClNO6S/c1-25(2,32)10-9-14-3-6-16(7-4-14)34-20-12-27(18-11-15(26)5-8-17(18)20)24-23(31)22(30)21(29)19(13-28)33-24/h3-8,11-12,19,21-24,28-32H,9-10,13H2,1-2H3/t19-,21-,22+,23-,24-/m1/s1. The van der Waals surface area contributed by atoms with E-state index in [1.165, 1.54) is 11.8 Å². The second-order valence-corrected chi connectivity index (χ2v) is 10.9. The number of aromatic nitrogens is 1. The van der Waals surface area contributed by atoms with Crippen LogP contribution in [0.25, 0.3) is 10.9 Å². The van der Waals surface area contributed by atoms with Crippen molar-refractivity contribution < 1.29 is 30.3 Å². The van der Waals surface area contributed by atoms with Crippen LogP contribution in [-0.4, -0.2) is 66.7 Å². The summed E-state index contributed by atoms with van der Waals surface area (Å²) in [5.74, 6) is 0. The fourth-order valence-corrected chi connectivity index (χ4v) is 5.24. The lowest BCUT2D eigenvalue weighted by atomic mass is 9.98. The lowest BCUT2D eigenvalue weighted by Crippen LogP contribution is -2.56. The predicted molar refractivity (Wildman–Crippen MR) is 131 cm³/mol. The van der Waals surface area contributed by atoms with E-state index in [-0.39, 0.29) is 0 Å². The number of ether oxygens (including phenoxy) is 1. The van der Waals surface area contributed by atoms with Gasteiger partial charge >= 0.3 is 0 Å². The summed E-state index contributed by atoms with van der Waals surface area (Å²) in [4.78, 5) is 1.91. The maximum Gasteiger partial charge on any atom is 0.163 e. The molecule has 0 unspecified atom stereocenters. The molecule has 2 heterocycles. The molecule has 1 aliphatic heterocycles. The van der Waals surface area contributed by atoms with Crippen molar-refractivity contribution >= 4 is 34.3 Å². The Kier molecular flexibility index (Phi) is 7.61. The monoisotopic (exact) mass is 507 g/mol. The summed E-state index contributed by atoms with van der Waals surface area (Å²) in [5, 5.41) is 52.0. The third kappa shape index (κ3) is 5.45. The molecule has 184 valence electrons. The number of nitrogens with zero attached hydrogens (tertiary/aromatic N) is 1. The van der Waals surface area contributed by atoms with Crippen molar-refractivity contribution in [3.63, 3.8) is 0 Å². The summed E-state index contributed by atoms with van der Waals surface area (Å²) < 4.78 is 7.46. The highest BCUT2D eigenvalue weighted by Gasteiger charge is 2.44. The molecule has 0 aliphatic carbocycles. The van der Waals surface area contributed by atoms with Gasteiger partial charge in [-0.1, -0.05) is 41.6 Å². The van der Waals surface area contributed by atoms with Crippen LogP contribution in [0.4, 0.5) is 0 Å². The summed E-state index contributed by atoms with van der Waals surface area (Å²) in [6.45, 7) is 3.10. The fraction of sp³-hybridized carbons (Fsp3) is 0.440. The number of aliphatic hydroxyl groups is 5. The average Bonchev–Trinajstić information content (AvgIpc) is 3.14. The third-order valence-electron chi connectivity index (χ3n) is 6.08. The van der Waals surface area contributed by atoms with Gasteiger partial charge in [0, 0.05) is 26.4 Å². The van der Waals surface area contributed by atoms with E-state index in [0.29, 0.717) is 17.0 Å². The Morgan fingerprint density at radius 2 is 1.74 bits per heavy atom. The van der Waals surface area contributed by atoms with Gasteiger partial charge in [0.15, 0.2) is 6.23 Å². The Morgan fingerprint density at radius 1 is 1.03 bits per heavy atom. The fourth-order valence-electron chi connectivity index (χ4n) is 4.10. The van der Waals surface area contributed by atoms with Crippen molar-refractivity contribution in [2.75, 3.05) is 6.61 Å². The van der Waals surface area contributed by atoms with Crippen LogP contribution in [0.2, 0.25) is 5.02 Å². The minimum atomic E-state index is -1.47. The highest BCUT2D eigenvalue weighted by molar-refractivity contribution is 7.99. The molecule has 1 aromatic heterocycles. The molecule has 0 saturated carbocycles. The van der Waals surface area contributed by atoms with E-state index in [0.717, 1.165) is 27.2 Å². The van der Waals surface area contributed by atoms with Crippen LogP contribution < -0.4 is 0 Å². The van der Waals surface area contributed by atoms with Crippen molar-refractivity contribution in [1.82, 2.24) is 4.57 Å². The molecule has 0 amide bonds. The minimum Gasteiger partial charge on any atom is -0.394 e. The van der Waals surface area contributed by atoms with Crippen molar-refractivity contribution in [3.8, 4) is 0 Å². The second kappa shape index (κ2) is 10.2. The van der Waals surface area contributed by atoms with Crippen LogP contribution in [0.5, 0.6) is 0 Å². The summed E-state index contributed by atoms with van der Waals surface area (Å²) in [6.07, 6.45) is -3.05. The lowest BCUT2D eigenvalue weighted by molar-refractivity contribution is -0.250. The van der Waals surface area contributed by atoms with Crippen LogP contribution in [0.1, 0.15) is 32.1 Å². The van der Waals surface area contributed by atoms with Gasteiger partial charge in [0.05, 0.1) is 17.7 Å². The highest BCUT2D eigenvalue weighted by Crippen LogP contribution is 2.40. The van der Waals surface area contributed by atoms with Crippen LogP contribution in [0, 0.1) is 0 Å². The molecule has 3 aromatic rings. The summed E-state index contributed by atoms with van der Waals surface area (Å²) in [5.41, 5.74) is 1.13. The Bertz CT molecular complexity index is 1130. The number of fused-ring (bicyclic) bond motifs is 1. The molecule has 1 saturated heterocycles. The molecule has 1 aliphatic rings. The molecule has 0 bridgehead atoms. The Hall–Kier alpha value is -1.62. The first-order valence-electron chi connectivity index (χ1n) is 11.2. The van der Waals surface area contributed by atoms with Gasteiger partial charge in [0.25, 0.3) is 0 Å². The highest BCUT2D eigenvalue weighted by atomic mass is 35.5. The Morgan fingerprint density at radius 3 is 2.38 bits per heavy atom. The van der Waals surface area contributed by atoms with Gasteiger partial charge in [-0.15, -0.1) is 0 Å². The number of aryl methyl sites for hydroxylation is 1. The van der Waals surface area contributed by atoms with Crippen molar-refractivity contribution in [1.29, 1.82) is 0 Å². The predicted octanol–water partition coefficient (Wildman–Crippen LogP) is 3.12. The molecular weight excluding hydrogens is 478 g/mol. The topological polar surface area (TPSA) is 115 Å². The molecule has 5 atom stereocenters. The lowest BCUT2D eigenvalue weighted by Gasteiger charge is -2.40. The van der Waals surface area contributed by atoms with Crippen molar-refractivity contribution in [2.45, 2.75) is 72.7 Å². The number of halogens is 1. The number of rotatable bonds is 7. The minimum absolute atomic E-state index is 0.497. The van der Waals surface area contributed by atoms with Gasteiger partial charge < -0.3 is 34.8 Å². The molecule has 34 heavy (non-hydrogen) atoms. The van der Waals surface area contributed by atoms with Gasteiger partial charge in [0.1, 0.15) is 24.4 Å². The molecule has 1 fully saturated rings. The summed E-state index contributed by atoms with van der Waals surface area (Å²) >= 11 is 7.79. The van der Waals surface area contributed by atoms with Gasteiger partial charge in [-0.25, -0.2) is 0 Å². The summed E-state index contributed by atoms with van der Waals surface area (Å²) in [6, 6.07) is 13.6. The molecule has 9 heteroatoms. The molecule has 5 N–H and O–H groups in total. The molecule has 0 spiro atoms. The molecule has 4 rings (SSSR count). The first kappa shape index (κ1) is 25.5. The van der Waals surface area contributed by atoms with E-state index in [4.69, 9.17) is 16.3 Å². The molecule has 0 radical (unpaired) electrons. The largest absolute Gasteiger partial charge is 0.394 e. The molecule has 2 aromatic carbocycles. The van der Waals surface area contributed by atoms with Crippen LogP contribution in [0.3, 0.4) is 0 Å². The Balaban J connectivity index is 1.64. The van der Waals surface area contributed by atoms with Crippen LogP contribution in [-0.2, 0) is 11.2 Å². The zero-order valence-electron chi connectivity index (χ0n) is 19.0. The maximum atomic E-state index is 10.6. The number of aliphatic hydroxyl groups excluding tert-OH is 4. The van der Waals surface area contributed by atoms with Gasteiger partial charge in [-0.2, -0.15) is 0 Å². The maximum absolute atomic E-state index is 10.6. The molecular formula is C25H30ClNO6S. The zero-order chi connectivity index (χ0) is 24.6. The number of hydrogen-bond acceptors (Lipinski definition) is 7. The number of hydrogen-bond donors (Lipinski definition) is 5.